The van der Waals surface area contributed by atoms with Crippen molar-refractivity contribution < 1.29 is 13.2 Å². The molecular formula is C14H20ClN3O3S2. The number of sulfonamides is 1. The first-order valence-corrected chi connectivity index (χ1v) is 10.5. The summed E-state index contributed by atoms with van der Waals surface area (Å²) in [5.41, 5.74) is 0.246. The van der Waals surface area contributed by atoms with Crippen molar-refractivity contribution >= 4 is 45.1 Å². The molecule has 0 radical (unpaired) electrons. The molecule has 2 amide bonds. The lowest BCUT2D eigenvalue weighted by molar-refractivity contribution is 0.183. The molecule has 1 atom stereocenters. The van der Waals surface area contributed by atoms with Crippen LogP contribution in [0.4, 0.5) is 10.5 Å². The molecule has 0 aliphatic carbocycles. The molecule has 0 aromatic heterocycles. The van der Waals surface area contributed by atoms with Crippen molar-refractivity contribution in [3.63, 3.8) is 0 Å². The van der Waals surface area contributed by atoms with Crippen LogP contribution in [-0.4, -0.2) is 44.4 Å². The summed E-state index contributed by atoms with van der Waals surface area (Å²) in [5, 5.41) is 8.05. The summed E-state index contributed by atoms with van der Waals surface area (Å²) in [6, 6.07) is 3.72. The molecule has 2 rings (SSSR count). The SMILES string of the molecule is CSCC1CCCN(C(=O)Nc2cc(S(N)(=O)=O)ccc2Cl)C1. The molecular weight excluding hydrogens is 358 g/mol. The standard InChI is InChI=1S/C14H20ClN3O3S2/c1-22-9-10-3-2-6-18(8-10)14(19)17-13-7-11(23(16,20)21)4-5-12(13)15/h4-5,7,10H,2-3,6,8-9H2,1H3,(H,17,19)(H2,16,20,21). The van der Waals surface area contributed by atoms with Gasteiger partial charge in [-0.15, -0.1) is 0 Å². The third-order valence-electron chi connectivity index (χ3n) is 3.72. The maximum absolute atomic E-state index is 12.4. The minimum atomic E-state index is -3.85. The van der Waals surface area contributed by atoms with Crippen LogP contribution in [-0.2, 0) is 10.0 Å². The second-order valence-corrected chi connectivity index (χ2v) is 8.41. The Balaban J connectivity index is 2.11. The zero-order valence-electron chi connectivity index (χ0n) is 12.8. The van der Waals surface area contributed by atoms with E-state index in [1.807, 2.05) is 0 Å². The van der Waals surface area contributed by atoms with E-state index in [0.29, 0.717) is 19.0 Å². The van der Waals surface area contributed by atoms with Crippen molar-refractivity contribution in [1.82, 2.24) is 4.90 Å². The highest BCUT2D eigenvalue weighted by Gasteiger charge is 2.24. The molecule has 1 aliphatic rings. The maximum atomic E-state index is 12.4. The van der Waals surface area contributed by atoms with Crippen LogP contribution in [0.15, 0.2) is 23.1 Å². The van der Waals surface area contributed by atoms with Crippen LogP contribution in [0.3, 0.4) is 0 Å². The summed E-state index contributed by atoms with van der Waals surface area (Å²) in [5.74, 6) is 1.50. The second-order valence-electron chi connectivity index (χ2n) is 5.53. The highest BCUT2D eigenvalue weighted by Crippen LogP contribution is 2.26. The summed E-state index contributed by atoms with van der Waals surface area (Å²) < 4.78 is 22.8. The van der Waals surface area contributed by atoms with Gasteiger partial charge in [-0.05, 0) is 49.0 Å². The van der Waals surface area contributed by atoms with Crippen molar-refractivity contribution in [1.29, 1.82) is 0 Å². The van der Waals surface area contributed by atoms with Crippen LogP contribution in [0.2, 0.25) is 5.02 Å². The zero-order valence-corrected chi connectivity index (χ0v) is 15.2. The van der Waals surface area contributed by atoms with Gasteiger partial charge in [-0.2, -0.15) is 11.8 Å². The van der Waals surface area contributed by atoms with Crippen molar-refractivity contribution in [2.75, 3.05) is 30.4 Å². The molecule has 0 bridgehead atoms. The number of nitrogens with zero attached hydrogens (tertiary/aromatic N) is 1. The van der Waals surface area contributed by atoms with Crippen molar-refractivity contribution in [3.8, 4) is 0 Å². The lowest BCUT2D eigenvalue weighted by atomic mass is 10.0. The van der Waals surface area contributed by atoms with E-state index in [1.54, 1.807) is 16.7 Å². The van der Waals surface area contributed by atoms with E-state index >= 15 is 0 Å². The van der Waals surface area contributed by atoms with Gasteiger partial charge in [-0.3, -0.25) is 0 Å². The summed E-state index contributed by atoms with van der Waals surface area (Å²) in [6.07, 6.45) is 4.13. The number of amides is 2. The molecule has 1 aromatic rings. The van der Waals surface area contributed by atoms with Gasteiger partial charge in [-0.25, -0.2) is 18.4 Å². The highest BCUT2D eigenvalue weighted by atomic mass is 35.5. The number of nitrogens with one attached hydrogen (secondary N) is 1. The summed E-state index contributed by atoms with van der Waals surface area (Å²) >= 11 is 7.81. The van der Waals surface area contributed by atoms with Gasteiger partial charge >= 0.3 is 6.03 Å². The van der Waals surface area contributed by atoms with E-state index in [4.69, 9.17) is 16.7 Å². The fourth-order valence-electron chi connectivity index (χ4n) is 2.59. The van der Waals surface area contributed by atoms with Crippen LogP contribution < -0.4 is 10.5 Å². The number of nitrogens with two attached hydrogens (primary N) is 1. The molecule has 1 saturated heterocycles. The fraction of sp³-hybridized carbons (Fsp3) is 0.500. The highest BCUT2D eigenvalue weighted by molar-refractivity contribution is 7.98. The third-order valence-corrected chi connectivity index (χ3v) is 5.76. The van der Waals surface area contributed by atoms with Crippen molar-refractivity contribution in [2.45, 2.75) is 17.7 Å². The van der Waals surface area contributed by atoms with E-state index in [0.717, 1.165) is 18.6 Å². The predicted molar refractivity (Wildman–Crippen MR) is 94.5 cm³/mol. The van der Waals surface area contributed by atoms with Gasteiger partial charge in [-0.1, -0.05) is 11.6 Å². The van der Waals surface area contributed by atoms with Gasteiger partial charge < -0.3 is 10.2 Å². The van der Waals surface area contributed by atoms with Gasteiger partial charge in [0.15, 0.2) is 0 Å². The van der Waals surface area contributed by atoms with Crippen LogP contribution in [0.25, 0.3) is 0 Å². The number of carbonyl (C=O) groups excluding carboxylic acids is 1. The normalized spacial score (nSPS) is 18.7. The Bertz CT molecular complexity index is 680. The van der Waals surface area contributed by atoms with Gasteiger partial charge in [0.05, 0.1) is 15.6 Å². The zero-order chi connectivity index (χ0) is 17.0. The number of benzene rings is 1. The Labute approximate surface area is 145 Å². The number of halogens is 1. The summed E-state index contributed by atoms with van der Waals surface area (Å²) in [6.45, 7) is 1.38. The molecule has 1 aliphatic heterocycles. The van der Waals surface area contributed by atoms with Crippen LogP contribution in [0.1, 0.15) is 12.8 Å². The number of likely N-dealkylation sites (tertiary alicyclic amines) is 1. The maximum Gasteiger partial charge on any atom is 0.321 e. The number of hydrogen-bond acceptors (Lipinski definition) is 4. The summed E-state index contributed by atoms with van der Waals surface area (Å²) in [7, 11) is -3.85. The number of hydrogen-bond donors (Lipinski definition) is 2. The Morgan fingerprint density at radius 3 is 2.91 bits per heavy atom. The van der Waals surface area contributed by atoms with Crippen LogP contribution in [0.5, 0.6) is 0 Å². The molecule has 9 heteroatoms. The molecule has 0 saturated carbocycles. The van der Waals surface area contributed by atoms with Gasteiger partial charge in [0.1, 0.15) is 0 Å². The summed E-state index contributed by atoms with van der Waals surface area (Å²) in [4.78, 5) is 14.1. The first-order chi connectivity index (χ1) is 10.8. The fourth-order valence-corrected chi connectivity index (χ4v) is 4.04. The third kappa shape index (κ3) is 5.00. The molecule has 1 aromatic carbocycles. The molecule has 128 valence electrons. The van der Waals surface area contributed by atoms with Crippen molar-refractivity contribution in [3.05, 3.63) is 23.2 Å². The molecule has 23 heavy (non-hydrogen) atoms. The van der Waals surface area contributed by atoms with Gasteiger partial charge in [0.25, 0.3) is 0 Å². The van der Waals surface area contributed by atoms with Crippen molar-refractivity contribution in [2.24, 2.45) is 11.1 Å². The Morgan fingerprint density at radius 2 is 2.26 bits per heavy atom. The quantitative estimate of drug-likeness (QED) is 0.843. The van der Waals surface area contributed by atoms with E-state index < -0.39 is 10.0 Å². The number of piperidine rings is 1. The first kappa shape index (κ1) is 18.4. The molecule has 1 heterocycles. The Hall–Kier alpha value is -0.960. The first-order valence-electron chi connectivity index (χ1n) is 7.18. The second kappa shape index (κ2) is 7.74. The Kier molecular flexibility index (Phi) is 6.19. The lowest BCUT2D eigenvalue weighted by Gasteiger charge is -2.32. The molecule has 1 fully saturated rings. The van der Waals surface area contributed by atoms with E-state index in [-0.39, 0.29) is 21.6 Å². The van der Waals surface area contributed by atoms with Crippen LogP contribution >= 0.6 is 23.4 Å². The average Bonchev–Trinajstić information content (AvgIpc) is 2.49. The minimum Gasteiger partial charge on any atom is -0.324 e. The van der Waals surface area contributed by atoms with Gasteiger partial charge in [0, 0.05) is 13.1 Å². The smallest absolute Gasteiger partial charge is 0.321 e. The molecule has 1 unspecified atom stereocenters. The van der Waals surface area contributed by atoms with E-state index in [1.165, 1.54) is 18.2 Å². The predicted octanol–water partition coefficient (Wildman–Crippen LogP) is 2.59. The molecule has 3 N–H and O–H groups in total. The monoisotopic (exact) mass is 377 g/mol. The number of thioether (sulfide) groups is 1. The number of anilines is 1. The number of primary sulfonamides is 1. The van der Waals surface area contributed by atoms with Crippen LogP contribution in [0, 0.1) is 5.92 Å². The lowest BCUT2D eigenvalue weighted by Crippen LogP contribution is -2.43. The number of carbonyl (C=O) groups is 1. The van der Waals surface area contributed by atoms with Gasteiger partial charge in [0.2, 0.25) is 10.0 Å². The average molecular weight is 378 g/mol. The van der Waals surface area contributed by atoms with E-state index in [9.17, 15) is 13.2 Å². The Morgan fingerprint density at radius 1 is 1.52 bits per heavy atom. The minimum absolute atomic E-state index is 0.0869. The number of rotatable bonds is 4. The molecule has 6 nitrogen and oxygen atoms in total. The number of urea groups is 1. The largest absolute Gasteiger partial charge is 0.324 e. The topological polar surface area (TPSA) is 92.5 Å². The van der Waals surface area contributed by atoms with E-state index in [2.05, 4.69) is 11.6 Å². The molecule has 0 spiro atoms.